The summed E-state index contributed by atoms with van der Waals surface area (Å²) in [6, 6.07) is 12.4. The van der Waals surface area contributed by atoms with Crippen molar-refractivity contribution in [3.63, 3.8) is 0 Å². The summed E-state index contributed by atoms with van der Waals surface area (Å²) in [5.41, 5.74) is 5.73. The summed E-state index contributed by atoms with van der Waals surface area (Å²) >= 11 is 0. The van der Waals surface area contributed by atoms with Crippen molar-refractivity contribution in [3.05, 3.63) is 81.7 Å². The van der Waals surface area contributed by atoms with Crippen LogP contribution in [-0.2, 0) is 32.5 Å². The molecule has 0 fully saturated rings. The highest BCUT2D eigenvalue weighted by atomic mass is 16.7. The fourth-order valence-electron chi connectivity index (χ4n) is 4.34. The molecule has 0 saturated carbocycles. The van der Waals surface area contributed by atoms with Gasteiger partial charge in [0.15, 0.2) is 11.5 Å². The molecule has 0 atom stereocenters. The van der Waals surface area contributed by atoms with Crippen LogP contribution in [0.25, 0.3) is 10.9 Å². The number of aryl methyl sites for hydroxylation is 2. The van der Waals surface area contributed by atoms with E-state index in [0.29, 0.717) is 19.6 Å². The van der Waals surface area contributed by atoms with Gasteiger partial charge in [-0.05, 0) is 71.7 Å². The van der Waals surface area contributed by atoms with E-state index in [0.717, 1.165) is 46.4 Å². The van der Waals surface area contributed by atoms with Gasteiger partial charge >= 0.3 is 0 Å². The lowest BCUT2D eigenvalue weighted by Gasteiger charge is -2.14. The van der Waals surface area contributed by atoms with Gasteiger partial charge in [-0.1, -0.05) is 12.1 Å². The third-order valence-corrected chi connectivity index (χ3v) is 5.77. The average molecular weight is 388 g/mol. The first-order valence-electron chi connectivity index (χ1n) is 10.1. The summed E-state index contributed by atoms with van der Waals surface area (Å²) in [5, 5.41) is 4.53. The van der Waals surface area contributed by atoms with Crippen molar-refractivity contribution in [1.82, 2.24) is 9.88 Å². The van der Waals surface area contributed by atoms with Crippen molar-refractivity contribution in [2.75, 3.05) is 6.79 Å². The number of hydrogen-bond acceptors (Lipinski definition) is 4. The molecule has 1 aliphatic carbocycles. The summed E-state index contributed by atoms with van der Waals surface area (Å²) < 4.78 is 12.6. The molecule has 2 aliphatic rings. The topological polar surface area (TPSA) is 52.5 Å². The summed E-state index contributed by atoms with van der Waals surface area (Å²) in [6.45, 7) is 5.79. The predicted molar refractivity (Wildman–Crippen MR) is 114 cm³/mol. The van der Waals surface area contributed by atoms with Gasteiger partial charge in [0.25, 0.3) is 5.56 Å². The van der Waals surface area contributed by atoms with Gasteiger partial charge in [0.1, 0.15) is 0 Å². The highest BCUT2D eigenvalue weighted by molar-refractivity contribution is 5.82. The van der Waals surface area contributed by atoms with Crippen LogP contribution in [0.15, 0.2) is 53.8 Å². The Balaban J connectivity index is 1.42. The van der Waals surface area contributed by atoms with Crippen molar-refractivity contribution in [1.29, 1.82) is 0 Å². The van der Waals surface area contributed by atoms with Crippen LogP contribution in [0.2, 0.25) is 0 Å². The lowest BCUT2D eigenvalue weighted by atomic mass is 10.0. The molecule has 1 aromatic heterocycles. The van der Waals surface area contributed by atoms with Crippen LogP contribution in [0.1, 0.15) is 28.7 Å². The van der Waals surface area contributed by atoms with Gasteiger partial charge in [-0.3, -0.25) is 4.79 Å². The third-order valence-electron chi connectivity index (χ3n) is 5.77. The molecule has 148 valence electrons. The van der Waals surface area contributed by atoms with Gasteiger partial charge in [0.05, 0.1) is 5.52 Å². The summed E-state index contributed by atoms with van der Waals surface area (Å²) in [4.78, 5) is 13.1. The lowest BCUT2D eigenvalue weighted by Crippen LogP contribution is -2.27. The molecule has 2 heterocycles. The van der Waals surface area contributed by atoms with Gasteiger partial charge in [-0.25, -0.2) is 0 Å². The van der Waals surface area contributed by atoms with Crippen LogP contribution >= 0.6 is 0 Å². The Hall–Kier alpha value is -3.05. The maximum absolute atomic E-state index is 13.1. The number of rotatable bonds is 6. The maximum Gasteiger partial charge on any atom is 0.255 e. The molecule has 5 heteroatoms. The molecule has 5 nitrogen and oxygen atoms in total. The number of allylic oxidation sites excluding steroid dienone is 1. The summed E-state index contributed by atoms with van der Waals surface area (Å²) in [6.07, 6.45) is 5.22. The Morgan fingerprint density at radius 2 is 1.86 bits per heavy atom. The molecule has 1 N–H and O–H groups in total. The monoisotopic (exact) mass is 388 g/mol. The van der Waals surface area contributed by atoms with Crippen molar-refractivity contribution < 1.29 is 9.47 Å². The quantitative estimate of drug-likeness (QED) is 0.655. The van der Waals surface area contributed by atoms with Gasteiger partial charge in [-0.2, -0.15) is 0 Å². The first kappa shape index (κ1) is 18.0. The van der Waals surface area contributed by atoms with E-state index in [1.54, 1.807) is 6.08 Å². The van der Waals surface area contributed by atoms with Gasteiger partial charge in [0.2, 0.25) is 6.79 Å². The molecule has 3 aromatic rings. The van der Waals surface area contributed by atoms with Crippen molar-refractivity contribution >= 4 is 10.9 Å². The molecule has 29 heavy (non-hydrogen) atoms. The van der Waals surface area contributed by atoms with Crippen molar-refractivity contribution in [2.45, 2.75) is 38.9 Å². The number of nitrogens with zero attached hydrogens (tertiary/aromatic N) is 1. The Morgan fingerprint density at radius 1 is 1.03 bits per heavy atom. The van der Waals surface area contributed by atoms with Crippen LogP contribution in [-0.4, -0.2) is 11.4 Å². The second-order valence-electron chi connectivity index (χ2n) is 7.70. The second-order valence-corrected chi connectivity index (χ2v) is 7.70. The highest BCUT2D eigenvalue weighted by Gasteiger charge is 2.16. The van der Waals surface area contributed by atoms with Gasteiger partial charge in [-0.15, -0.1) is 6.58 Å². The maximum atomic E-state index is 13.1. The number of benzene rings is 2. The van der Waals surface area contributed by atoms with Crippen LogP contribution in [0.5, 0.6) is 11.5 Å². The fraction of sp³-hybridized carbons (Fsp3) is 0.292. The Labute approximate surface area is 169 Å². The first-order chi connectivity index (χ1) is 14.2. The molecule has 0 spiro atoms. The SMILES string of the molecule is C=CCn1c(=O)c(CNCc2ccc3c(c2)OCO3)cc2cc3c(cc21)CCC3. The minimum Gasteiger partial charge on any atom is -0.454 e. The van der Waals surface area contributed by atoms with Crippen LogP contribution in [0, 0.1) is 0 Å². The Morgan fingerprint density at radius 3 is 2.72 bits per heavy atom. The number of aromatic nitrogens is 1. The van der Waals surface area contributed by atoms with Crippen LogP contribution in [0.3, 0.4) is 0 Å². The molecular weight excluding hydrogens is 364 g/mol. The smallest absolute Gasteiger partial charge is 0.255 e. The Bertz CT molecular complexity index is 1160. The largest absolute Gasteiger partial charge is 0.454 e. The van der Waals surface area contributed by atoms with Gasteiger partial charge < -0.3 is 19.4 Å². The first-order valence-corrected chi connectivity index (χ1v) is 10.1. The lowest BCUT2D eigenvalue weighted by molar-refractivity contribution is 0.174. The van der Waals surface area contributed by atoms with Crippen LogP contribution < -0.4 is 20.3 Å². The van der Waals surface area contributed by atoms with Gasteiger partial charge in [0, 0.05) is 25.2 Å². The Kier molecular flexibility index (Phi) is 4.60. The zero-order chi connectivity index (χ0) is 19.8. The second kappa shape index (κ2) is 7.41. The normalized spacial score (nSPS) is 14.3. The molecule has 0 radical (unpaired) electrons. The molecule has 0 amide bonds. The van der Waals surface area contributed by atoms with E-state index in [1.807, 2.05) is 28.8 Å². The molecule has 5 rings (SSSR count). The van der Waals surface area contributed by atoms with E-state index >= 15 is 0 Å². The van der Waals surface area contributed by atoms with E-state index in [1.165, 1.54) is 17.5 Å². The van der Waals surface area contributed by atoms with E-state index in [2.05, 4.69) is 24.0 Å². The van der Waals surface area contributed by atoms with E-state index in [-0.39, 0.29) is 12.4 Å². The molecular formula is C24H24N2O3. The predicted octanol–water partition coefficient (Wildman–Crippen LogP) is 3.69. The molecule has 0 bridgehead atoms. The third kappa shape index (κ3) is 3.32. The van der Waals surface area contributed by atoms with E-state index in [4.69, 9.17) is 9.47 Å². The molecule has 1 aliphatic heterocycles. The minimum absolute atomic E-state index is 0.0496. The van der Waals surface area contributed by atoms with E-state index < -0.39 is 0 Å². The zero-order valence-corrected chi connectivity index (χ0v) is 16.4. The number of fused-ring (bicyclic) bond motifs is 3. The fourth-order valence-corrected chi connectivity index (χ4v) is 4.34. The number of ether oxygens (including phenoxy) is 2. The number of pyridine rings is 1. The molecule has 0 saturated heterocycles. The van der Waals surface area contributed by atoms with Crippen LogP contribution in [0.4, 0.5) is 0 Å². The minimum atomic E-state index is 0.0496. The number of nitrogens with one attached hydrogen (secondary N) is 1. The summed E-state index contributed by atoms with van der Waals surface area (Å²) in [5.74, 6) is 1.56. The highest BCUT2D eigenvalue weighted by Crippen LogP contribution is 2.32. The van der Waals surface area contributed by atoms with E-state index in [9.17, 15) is 4.79 Å². The summed E-state index contributed by atoms with van der Waals surface area (Å²) in [7, 11) is 0. The van der Waals surface area contributed by atoms with Crippen molar-refractivity contribution in [2.24, 2.45) is 0 Å². The average Bonchev–Trinajstić information content (AvgIpc) is 3.38. The zero-order valence-electron chi connectivity index (χ0n) is 16.4. The standard InChI is InChI=1S/C24H24N2O3/c1-2-8-26-21-12-18-5-3-4-17(18)10-19(21)11-20(24(26)27)14-25-13-16-6-7-22-23(9-16)29-15-28-22/h2,6-7,9-12,25H,1,3-5,8,13-15H2. The molecule has 0 unspecified atom stereocenters. The van der Waals surface area contributed by atoms with Crippen molar-refractivity contribution in [3.8, 4) is 11.5 Å². The number of hydrogen-bond donors (Lipinski definition) is 1. The molecule has 2 aromatic carbocycles.